The number of benzene rings is 1. The Morgan fingerprint density at radius 1 is 1.02 bits per heavy atom. The standard InChI is InChI=1S/C38H44Cl2FN9O6/c1-20-27(16-49-14-23(12-28(51)52-3)30-33(39)45-37(42)47-35(30)49)44-13-24(18-55-29-6-4-5-11-54-29)32(20)56-19-53-17-25-15-50(21(2)22-7-9-26(41)10-8-22)36-31(25)34(40)46-38(43)48-36/h7-10,13,21,23,25,29H,4-6,11-12,14-19H2,1-3H3,(H2,42,45,47)(H2,43,46,48). The van der Waals surface area contributed by atoms with Crippen LogP contribution in [0.15, 0.2) is 30.5 Å². The number of hydrogen-bond donors (Lipinski definition) is 2. The second-order valence-corrected chi connectivity index (χ2v) is 14.8. The molecule has 1 fully saturated rings. The molecule has 15 nitrogen and oxygen atoms in total. The van der Waals surface area contributed by atoms with Gasteiger partial charge in [0.15, 0.2) is 13.1 Å². The summed E-state index contributed by atoms with van der Waals surface area (Å²) in [7, 11) is 1.35. The predicted octanol–water partition coefficient (Wildman–Crippen LogP) is 6.01. The number of aromatic nitrogens is 5. The molecule has 0 spiro atoms. The predicted molar refractivity (Wildman–Crippen MR) is 207 cm³/mol. The molecule has 18 heteroatoms. The Morgan fingerprint density at radius 3 is 2.43 bits per heavy atom. The molecule has 0 radical (unpaired) electrons. The van der Waals surface area contributed by atoms with Crippen LogP contribution in [0.5, 0.6) is 5.75 Å². The van der Waals surface area contributed by atoms with Crippen molar-refractivity contribution in [3.05, 3.63) is 80.1 Å². The molecule has 3 aliphatic heterocycles. The molecule has 0 amide bonds. The monoisotopic (exact) mass is 811 g/mol. The Bertz CT molecular complexity index is 2060. The number of fused-ring (bicyclic) bond motifs is 2. The van der Waals surface area contributed by atoms with Crippen molar-refractivity contribution in [1.29, 1.82) is 0 Å². The molecule has 1 saturated heterocycles. The smallest absolute Gasteiger partial charge is 0.306 e. The average molecular weight is 813 g/mol. The number of pyridine rings is 1. The van der Waals surface area contributed by atoms with Gasteiger partial charge in [0.05, 0.1) is 45.0 Å². The minimum Gasteiger partial charge on any atom is -0.469 e. The summed E-state index contributed by atoms with van der Waals surface area (Å²) in [5.74, 6) is 0.590. The highest BCUT2D eigenvalue weighted by Crippen LogP contribution is 2.44. The number of anilines is 4. The van der Waals surface area contributed by atoms with Crippen LogP contribution in [0.4, 0.5) is 27.9 Å². The third kappa shape index (κ3) is 8.54. The molecule has 4 atom stereocenters. The van der Waals surface area contributed by atoms with E-state index < -0.39 is 0 Å². The molecule has 298 valence electrons. The zero-order valence-electron chi connectivity index (χ0n) is 31.3. The van der Waals surface area contributed by atoms with Gasteiger partial charge in [0.25, 0.3) is 0 Å². The van der Waals surface area contributed by atoms with Crippen LogP contribution < -0.4 is 26.0 Å². The highest BCUT2D eigenvalue weighted by molar-refractivity contribution is 6.31. The average Bonchev–Trinajstić information content (AvgIpc) is 3.71. The largest absolute Gasteiger partial charge is 0.469 e. The van der Waals surface area contributed by atoms with E-state index in [-0.39, 0.29) is 84.6 Å². The normalized spacial score (nSPS) is 19.5. The summed E-state index contributed by atoms with van der Waals surface area (Å²) >= 11 is 13.2. The van der Waals surface area contributed by atoms with Crippen molar-refractivity contribution >= 4 is 52.7 Å². The molecule has 4 aromatic rings. The fourth-order valence-corrected chi connectivity index (χ4v) is 8.20. The van der Waals surface area contributed by atoms with E-state index in [1.54, 1.807) is 18.3 Å². The van der Waals surface area contributed by atoms with Gasteiger partial charge in [0, 0.05) is 60.0 Å². The van der Waals surface area contributed by atoms with Crippen LogP contribution in [0.25, 0.3) is 0 Å². The maximum absolute atomic E-state index is 13.7. The minimum absolute atomic E-state index is 0.0231. The summed E-state index contributed by atoms with van der Waals surface area (Å²) in [6.45, 7) is 6.18. The number of nitrogens with two attached hydrogens (primary N) is 2. The first-order valence-electron chi connectivity index (χ1n) is 18.4. The SMILES string of the molecule is COC(=O)CC1CN(Cc2ncc(COC3CCCCO3)c(OCOCC3CN(C(C)c4ccc(F)cc4)c4nc(N)nc(Cl)c43)c2C)c2nc(N)nc(Cl)c21. The third-order valence-corrected chi connectivity index (χ3v) is 11.0. The fourth-order valence-electron chi connectivity index (χ4n) is 7.55. The van der Waals surface area contributed by atoms with Crippen LogP contribution in [-0.4, -0.2) is 77.4 Å². The lowest BCUT2D eigenvalue weighted by molar-refractivity contribution is -0.169. The molecule has 4 unspecified atom stereocenters. The van der Waals surface area contributed by atoms with Crippen molar-refractivity contribution in [1.82, 2.24) is 24.9 Å². The summed E-state index contributed by atoms with van der Waals surface area (Å²) in [6, 6.07) is 6.20. The van der Waals surface area contributed by atoms with Gasteiger partial charge in [-0.2, -0.15) is 9.97 Å². The maximum atomic E-state index is 13.7. The van der Waals surface area contributed by atoms with E-state index in [9.17, 15) is 9.18 Å². The highest BCUT2D eigenvalue weighted by Gasteiger charge is 2.38. The third-order valence-electron chi connectivity index (χ3n) is 10.4. The van der Waals surface area contributed by atoms with Gasteiger partial charge in [-0.1, -0.05) is 35.3 Å². The summed E-state index contributed by atoms with van der Waals surface area (Å²) < 4.78 is 43.2. The maximum Gasteiger partial charge on any atom is 0.306 e. The topological polar surface area (TPSA) is 186 Å². The molecular weight excluding hydrogens is 768 g/mol. The molecular formula is C38H44Cl2FN9O6. The van der Waals surface area contributed by atoms with Gasteiger partial charge >= 0.3 is 5.97 Å². The van der Waals surface area contributed by atoms with E-state index in [0.29, 0.717) is 54.9 Å². The van der Waals surface area contributed by atoms with Gasteiger partial charge in [0.1, 0.15) is 33.5 Å². The zero-order chi connectivity index (χ0) is 39.5. The van der Waals surface area contributed by atoms with Crippen LogP contribution >= 0.6 is 23.2 Å². The van der Waals surface area contributed by atoms with E-state index in [1.165, 1.54) is 19.2 Å². The minimum atomic E-state index is -0.373. The van der Waals surface area contributed by atoms with Crippen molar-refractivity contribution < 1.29 is 32.9 Å². The molecule has 0 aliphatic carbocycles. The Morgan fingerprint density at radius 2 is 1.73 bits per heavy atom. The van der Waals surface area contributed by atoms with Crippen LogP contribution in [0.1, 0.15) is 84.0 Å². The molecule has 1 aromatic carbocycles. The molecule has 3 aliphatic rings. The van der Waals surface area contributed by atoms with Gasteiger partial charge < -0.3 is 45.0 Å². The quantitative estimate of drug-likeness (QED) is 0.0652. The molecule has 4 N–H and O–H groups in total. The van der Waals surface area contributed by atoms with Gasteiger partial charge in [-0.25, -0.2) is 14.4 Å². The Balaban J connectivity index is 1.09. The van der Waals surface area contributed by atoms with Crippen LogP contribution in [-0.2, 0) is 36.9 Å². The number of halogens is 3. The molecule has 7 rings (SSSR count). The molecule has 56 heavy (non-hydrogen) atoms. The second-order valence-electron chi connectivity index (χ2n) is 14.1. The number of esters is 1. The lowest BCUT2D eigenvalue weighted by atomic mass is 10.0. The van der Waals surface area contributed by atoms with E-state index in [1.807, 2.05) is 18.7 Å². The number of nitrogen functional groups attached to an aromatic ring is 2. The Kier molecular flexibility index (Phi) is 12.2. The Hall–Kier alpha value is -4.61. The van der Waals surface area contributed by atoms with Crippen molar-refractivity contribution in [3.63, 3.8) is 0 Å². The molecule has 0 bridgehead atoms. The van der Waals surface area contributed by atoms with Crippen molar-refractivity contribution in [2.75, 3.05) is 61.5 Å². The number of rotatable bonds is 14. The van der Waals surface area contributed by atoms with E-state index in [2.05, 4.69) is 24.8 Å². The molecule has 6 heterocycles. The number of carbonyl (C=O) groups excluding carboxylic acids is 1. The number of hydrogen-bond acceptors (Lipinski definition) is 15. The summed E-state index contributed by atoms with van der Waals surface area (Å²) in [5.41, 5.74) is 16.5. The zero-order valence-corrected chi connectivity index (χ0v) is 32.9. The molecule has 0 saturated carbocycles. The van der Waals surface area contributed by atoms with E-state index in [4.69, 9.17) is 63.3 Å². The van der Waals surface area contributed by atoms with Crippen LogP contribution in [0, 0.1) is 12.7 Å². The number of carbonyl (C=O) groups is 1. The number of ether oxygens (including phenoxy) is 5. The van der Waals surface area contributed by atoms with E-state index >= 15 is 0 Å². The summed E-state index contributed by atoms with van der Waals surface area (Å²) in [4.78, 5) is 38.6. The summed E-state index contributed by atoms with van der Waals surface area (Å²) in [5, 5.41) is 0.446. The number of methoxy groups -OCH3 is 1. The van der Waals surface area contributed by atoms with Crippen LogP contribution in [0.2, 0.25) is 10.3 Å². The second kappa shape index (κ2) is 17.3. The lowest BCUT2D eigenvalue weighted by Gasteiger charge is -2.27. The highest BCUT2D eigenvalue weighted by atomic mass is 35.5. The fraction of sp³-hybridized carbons (Fsp3) is 0.474. The first kappa shape index (κ1) is 39.6. The van der Waals surface area contributed by atoms with Crippen molar-refractivity contribution in [3.8, 4) is 5.75 Å². The first-order chi connectivity index (χ1) is 27.0. The number of nitrogens with zero attached hydrogens (tertiary/aromatic N) is 7. The Labute approximate surface area is 333 Å². The van der Waals surface area contributed by atoms with Crippen molar-refractivity contribution in [2.24, 2.45) is 0 Å². The van der Waals surface area contributed by atoms with Gasteiger partial charge in [-0.3, -0.25) is 9.78 Å². The lowest BCUT2D eigenvalue weighted by Crippen LogP contribution is -2.27. The van der Waals surface area contributed by atoms with Gasteiger partial charge in [-0.15, -0.1) is 0 Å². The van der Waals surface area contributed by atoms with Crippen molar-refractivity contribution in [2.45, 2.75) is 76.9 Å². The van der Waals surface area contributed by atoms with Crippen LogP contribution in [0.3, 0.4) is 0 Å². The van der Waals surface area contributed by atoms with Gasteiger partial charge in [0.2, 0.25) is 11.9 Å². The first-order valence-corrected chi connectivity index (χ1v) is 19.2. The molecule has 3 aromatic heterocycles. The van der Waals surface area contributed by atoms with Gasteiger partial charge in [-0.05, 0) is 50.8 Å². The summed E-state index contributed by atoms with van der Waals surface area (Å²) in [6.07, 6.45) is 4.34. The van der Waals surface area contributed by atoms with E-state index in [0.717, 1.165) is 41.5 Å².